The number of hydrogen-bond acceptors (Lipinski definition) is 3. The van der Waals surface area contributed by atoms with Gasteiger partial charge in [-0.1, -0.05) is 42.5 Å². The van der Waals surface area contributed by atoms with E-state index in [0.717, 1.165) is 17.8 Å². The molecule has 29 heavy (non-hydrogen) atoms. The van der Waals surface area contributed by atoms with Gasteiger partial charge in [-0.3, -0.25) is 14.3 Å². The van der Waals surface area contributed by atoms with Crippen LogP contribution in [-0.2, 0) is 19.5 Å². The first-order chi connectivity index (χ1) is 14.2. The van der Waals surface area contributed by atoms with Crippen molar-refractivity contribution in [3.8, 4) is 0 Å². The molecular weight excluding hydrogens is 364 g/mol. The number of nitrogens with one attached hydrogen (secondary N) is 1. The summed E-state index contributed by atoms with van der Waals surface area (Å²) in [7, 11) is 0. The van der Waals surface area contributed by atoms with Crippen molar-refractivity contribution in [2.24, 2.45) is 0 Å². The largest absolute Gasteiger partial charge is 0.350 e. The van der Waals surface area contributed by atoms with E-state index < -0.39 is 0 Å². The molecule has 1 aliphatic heterocycles. The fourth-order valence-corrected chi connectivity index (χ4v) is 3.87. The number of nitrogens with zero attached hydrogens (tertiary/aromatic N) is 3. The number of rotatable bonds is 3. The van der Waals surface area contributed by atoms with E-state index in [1.54, 1.807) is 11.0 Å². The van der Waals surface area contributed by atoms with Gasteiger partial charge < -0.3 is 9.88 Å². The van der Waals surface area contributed by atoms with Crippen LogP contribution in [0.4, 0.5) is 0 Å². The Morgan fingerprint density at radius 3 is 2.66 bits per heavy atom. The smallest absolute Gasteiger partial charge is 0.270 e. The summed E-state index contributed by atoms with van der Waals surface area (Å²) in [5.74, 6) is -0.162. The highest BCUT2D eigenvalue weighted by atomic mass is 16.2. The van der Waals surface area contributed by atoms with E-state index >= 15 is 0 Å². The van der Waals surface area contributed by atoms with Gasteiger partial charge in [-0.2, -0.15) is 5.10 Å². The Morgan fingerprint density at radius 1 is 1.00 bits per heavy atom. The number of H-pyrrole nitrogens is 1. The lowest BCUT2D eigenvalue weighted by molar-refractivity contribution is 0.0700. The summed E-state index contributed by atoms with van der Waals surface area (Å²) in [6, 6.07) is 20.9. The van der Waals surface area contributed by atoms with Crippen molar-refractivity contribution < 1.29 is 4.79 Å². The van der Waals surface area contributed by atoms with Crippen LogP contribution in [0.15, 0.2) is 71.5 Å². The van der Waals surface area contributed by atoms with Crippen molar-refractivity contribution in [2.45, 2.75) is 19.5 Å². The lowest BCUT2D eigenvalue weighted by Crippen LogP contribution is -2.39. The summed E-state index contributed by atoms with van der Waals surface area (Å²) in [6.07, 6.45) is 0.771. The molecule has 6 heteroatoms. The number of carbonyl (C=O) groups excluding carboxylic acids is 1. The van der Waals surface area contributed by atoms with Crippen molar-refractivity contribution in [1.82, 2.24) is 19.7 Å². The zero-order valence-electron chi connectivity index (χ0n) is 15.8. The standard InChI is InChI=1S/C23H20N4O2/c28-22-14-21(24-20-9-5-4-8-19(20)22)23(29)26-10-11-27-18(15-26)13-17(25-27)12-16-6-2-1-3-7-16/h1-9,13-14H,10-12,15H2,(H,24,28). The Hall–Kier alpha value is -3.67. The lowest BCUT2D eigenvalue weighted by atomic mass is 10.1. The number of amides is 1. The second-order valence-electron chi connectivity index (χ2n) is 7.33. The van der Waals surface area contributed by atoms with Gasteiger partial charge in [-0.05, 0) is 23.8 Å². The second kappa shape index (κ2) is 7.05. The first-order valence-corrected chi connectivity index (χ1v) is 9.68. The molecule has 1 N–H and O–H groups in total. The second-order valence-corrected chi connectivity index (χ2v) is 7.33. The van der Waals surface area contributed by atoms with Crippen LogP contribution in [0.1, 0.15) is 27.4 Å². The van der Waals surface area contributed by atoms with Gasteiger partial charge in [0.15, 0.2) is 5.43 Å². The molecule has 0 unspecified atom stereocenters. The number of hydrogen-bond donors (Lipinski definition) is 1. The van der Waals surface area contributed by atoms with Crippen LogP contribution >= 0.6 is 0 Å². The molecule has 0 spiro atoms. The summed E-state index contributed by atoms with van der Waals surface area (Å²) < 4.78 is 1.98. The van der Waals surface area contributed by atoms with E-state index in [9.17, 15) is 9.59 Å². The summed E-state index contributed by atoms with van der Waals surface area (Å²) in [4.78, 5) is 30.3. The van der Waals surface area contributed by atoms with Crippen LogP contribution in [0, 0.1) is 0 Å². The molecule has 144 valence electrons. The molecular formula is C23H20N4O2. The van der Waals surface area contributed by atoms with Gasteiger partial charge in [0.25, 0.3) is 5.91 Å². The van der Waals surface area contributed by atoms with Crippen LogP contribution in [0.2, 0.25) is 0 Å². The van der Waals surface area contributed by atoms with Crippen LogP contribution in [-0.4, -0.2) is 32.1 Å². The van der Waals surface area contributed by atoms with E-state index in [4.69, 9.17) is 0 Å². The molecule has 1 amide bonds. The molecule has 0 aliphatic carbocycles. The highest BCUT2D eigenvalue weighted by molar-refractivity contribution is 5.94. The van der Waals surface area contributed by atoms with Crippen molar-refractivity contribution in [2.75, 3.05) is 6.54 Å². The van der Waals surface area contributed by atoms with Crippen molar-refractivity contribution >= 4 is 16.8 Å². The number of pyridine rings is 1. The average Bonchev–Trinajstić information content (AvgIpc) is 3.15. The van der Waals surface area contributed by atoms with Crippen LogP contribution in [0.5, 0.6) is 0 Å². The molecule has 4 aromatic rings. The molecule has 1 aliphatic rings. The number of aromatic nitrogens is 3. The van der Waals surface area contributed by atoms with Gasteiger partial charge in [-0.25, -0.2) is 0 Å². The van der Waals surface area contributed by atoms with E-state index in [0.29, 0.717) is 36.2 Å². The first-order valence-electron chi connectivity index (χ1n) is 9.68. The molecule has 0 saturated carbocycles. The Kier molecular flexibility index (Phi) is 4.24. The molecule has 0 bridgehead atoms. The van der Waals surface area contributed by atoms with Crippen molar-refractivity contribution in [3.63, 3.8) is 0 Å². The quantitative estimate of drug-likeness (QED) is 0.590. The molecule has 0 fully saturated rings. The predicted octanol–water partition coefficient (Wildman–Crippen LogP) is 2.97. The van der Waals surface area contributed by atoms with Crippen LogP contribution < -0.4 is 5.43 Å². The van der Waals surface area contributed by atoms with Crippen LogP contribution in [0.25, 0.3) is 10.9 Å². The van der Waals surface area contributed by atoms with E-state index in [1.807, 2.05) is 41.1 Å². The monoisotopic (exact) mass is 384 g/mol. The maximum Gasteiger partial charge on any atom is 0.270 e. The Labute approximate surface area is 167 Å². The highest BCUT2D eigenvalue weighted by Crippen LogP contribution is 2.18. The third-order valence-electron chi connectivity index (χ3n) is 5.33. The number of carbonyl (C=O) groups is 1. The summed E-state index contributed by atoms with van der Waals surface area (Å²) in [5.41, 5.74) is 4.08. The van der Waals surface area contributed by atoms with Gasteiger partial charge in [0.1, 0.15) is 5.69 Å². The molecule has 3 heterocycles. The third kappa shape index (κ3) is 3.33. The minimum Gasteiger partial charge on any atom is -0.350 e. The Balaban J connectivity index is 1.38. The topological polar surface area (TPSA) is 71.0 Å². The molecule has 0 atom stereocenters. The summed E-state index contributed by atoms with van der Waals surface area (Å²) in [6.45, 7) is 1.69. The molecule has 2 aromatic heterocycles. The summed E-state index contributed by atoms with van der Waals surface area (Å²) in [5, 5.41) is 5.28. The fourth-order valence-electron chi connectivity index (χ4n) is 3.87. The molecule has 5 rings (SSSR count). The maximum absolute atomic E-state index is 13.0. The molecule has 0 radical (unpaired) electrons. The number of para-hydroxylation sites is 1. The van der Waals surface area contributed by atoms with E-state index in [-0.39, 0.29) is 11.3 Å². The first kappa shape index (κ1) is 17.4. The third-order valence-corrected chi connectivity index (χ3v) is 5.33. The Morgan fingerprint density at radius 2 is 1.79 bits per heavy atom. The molecule has 6 nitrogen and oxygen atoms in total. The zero-order chi connectivity index (χ0) is 19.8. The van der Waals surface area contributed by atoms with Gasteiger partial charge >= 0.3 is 0 Å². The highest BCUT2D eigenvalue weighted by Gasteiger charge is 2.24. The van der Waals surface area contributed by atoms with Crippen molar-refractivity contribution in [3.05, 3.63) is 99.6 Å². The van der Waals surface area contributed by atoms with Gasteiger partial charge in [0.2, 0.25) is 0 Å². The number of fused-ring (bicyclic) bond motifs is 2. The normalized spacial score (nSPS) is 13.4. The summed E-state index contributed by atoms with van der Waals surface area (Å²) >= 11 is 0. The van der Waals surface area contributed by atoms with Gasteiger partial charge in [0.05, 0.1) is 24.5 Å². The molecule has 2 aromatic carbocycles. The Bertz CT molecular complexity index is 1260. The minimum atomic E-state index is -0.162. The lowest BCUT2D eigenvalue weighted by Gasteiger charge is -2.27. The van der Waals surface area contributed by atoms with Crippen LogP contribution in [0.3, 0.4) is 0 Å². The fraction of sp³-hybridized carbons (Fsp3) is 0.174. The van der Waals surface area contributed by atoms with E-state index in [2.05, 4.69) is 28.3 Å². The number of aromatic amines is 1. The maximum atomic E-state index is 13.0. The SMILES string of the molecule is O=C(c1cc(=O)c2ccccc2[nH]1)N1CCn2nc(Cc3ccccc3)cc2C1. The van der Waals surface area contributed by atoms with Gasteiger partial charge in [-0.15, -0.1) is 0 Å². The van der Waals surface area contributed by atoms with Gasteiger partial charge in [0, 0.05) is 29.9 Å². The molecule has 0 saturated heterocycles. The predicted molar refractivity (Wildman–Crippen MR) is 111 cm³/mol. The zero-order valence-corrected chi connectivity index (χ0v) is 15.8. The van der Waals surface area contributed by atoms with E-state index in [1.165, 1.54) is 11.6 Å². The van der Waals surface area contributed by atoms with Crippen molar-refractivity contribution in [1.29, 1.82) is 0 Å². The number of benzene rings is 2. The minimum absolute atomic E-state index is 0.144. The average molecular weight is 384 g/mol.